The van der Waals surface area contributed by atoms with Gasteiger partial charge < -0.3 is 19.9 Å². The van der Waals surface area contributed by atoms with Gasteiger partial charge in [-0.15, -0.1) is 0 Å². The summed E-state index contributed by atoms with van der Waals surface area (Å²) in [4.78, 5) is 28.7. The highest BCUT2D eigenvalue weighted by atomic mass is 16.5. The second-order valence-electron chi connectivity index (χ2n) is 6.29. The van der Waals surface area contributed by atoms with E-state index in [4.69, 9.17) is 4.74 Å². The van der Waals surface area contributed by atoms with Crippen LogP contribution in [0.4, 0.5) is 16.2 Å². The van der Waals surface area contributed by atoms with Crippen LogP contribution < -0.4 is 15.0 Å². The molecule has 0 aliphatic carbocycles. The van der Waals surface area contributed by atoms with Gasteiger partial charge in [0.25, 0.3) is 0 Å². The molecule has 0 unspecified atom stereocenters. The van der Waals surface area contributed by atoms with Crippen LogP contribution in [0.2, 0.25) is 0 Å². The Bertz CT molecular complexity index is 832. The van der Waals surface area contributed by atoms with Gasteiger partial charge in [-0.25, -0.2) is 4.79 Å². The van der Waals surface area contributed by atoms with Gasteiger partial charge in [-0.2, -0.15) is 5.10 Å². The second kappa shape index (κ2) is 7.07. The standard InChI is InChI=1S/C18H23N5O3/c1-12-16(11-21(3)20-12)19-18(25)22-8-9-23(17(24)13(22)2)14-6-5-7-15(10-14)26-4/h5-7,10-11,13H,8-9H2,1-4H3,(H,19,25)/t13-/m1/s1. The van der Waals surface area contributed by atoms with Gasteiger partial charge >= 0.3 is 6.03 Å². The molecule has 0 bridgehead atoms. The first-order valence-electron chi connectivity index (χ1n) is 8.44. The summed E-state index contributed by atoms with van der Waals surface area (Å²) in [6, 6.07) is 6.49. The van der Waals surface area contributed by atoms with Crippen LogP contribution in [0.25, 0.3) is 0 Å². The Labute approximate surface area is 152 Å². The molecule has 1 atom stereocenters. The molecule has 1 aliphatic rings. The summed E-state index contributed by atoms with van der Waals surface area (Å²) in [6.07, 6.45) is 1.74. The number of carbonyl (C=O) groups is 2. The largest absolute Gasteiger partial charge is 0.497 e. The number of piperazine rings is 1. The molecule has 8 nitrogen and oxygen atoms in total. The average molecular weight is 357 g/mol. The molecule has 1 fully saturated rings. The highest BCUT2D eigenvalue weighted by Crippen LogP contribution is 2.25. The third-order valence-corrected chi connectivity index (χ3v) is 4.54. The van der Waals surface area contributed by atoms with Gasteiger partial charge in [0.15, 0.2) is 0 Å². The number of ether oxygens (including phenoxy) is 1. The number of hydrogen-bond acceptors (Lipinski definition) is 4. The third kappa shape index (κ3) is 3.35. The molecule has 138 valence electrons. The minimum absolute atomic E-state index is 0.123. The van der Waals surface area contributed by atoms with Crippen molar-refractivity contribution in [1.82, 2.24) is 14.7 Å². The van der Waals surface area contributed by atoms with Gasteiger partial charge in [0.2, 0.25) is 5.91 Å². The molecule has 1 aliphatic heterocycles. The predicted octanol–water partition coefficient (Wildman–Crippen LogP) is 2.01. The van der Waals surface area contributed by atoms with E-state index in [9.17, 15) is 9.59 Å². The van der Waals surface area contributed by atoms with Crippen molar-refractivity contribution in [3.8, 4) is 5.75 Å². The van der Waals surface area contributed by atoms with Crippen molar-refractivity contribution in [3.63, 3.8) is 0 Å². The smallest absolute Gasteiger partial charge is 0.322 e. The van der Waals surface area contributed by atoms with Gasteiger partial charge in [0.05, 0.1) is 18.5 Å². The molecule has 26 heavy (non-hydrogen) atoms. The molecule has 2 aromatic rings. The van der Waals surface area contributed by atoms with Crippen molar-refractivity contribution in [3.05, 3.63) is 36.2 Å². The van der Waals surface area contributed by atoms with Crippen LogP contribution in [0.5, 0.6) is 5.75 Å². The summed E-state index contributed by atoms with van der Waals surface area (Å²) < 4.78 is 6.87. The number of anilines is 2. The first-order valence-corrected chi connectivity index (χ1v) is 8.44. The highest BCUT2D eigenvalue weighted by Gasteiger charge is 2.35. The molecule has 1 aromatic carbocycles. The number of methoxy groups -OCH3 is 1. The monoisotopic (exact) mass is 357 g/mol. The van der Waals surface area contributed by atoms with Crippen molar-refractivity contribution in [2.75, 3.05) is 30.4 Å². The van der Waals surface area contributed by atoms with Crippen LogP contribution in [0.1, 0.15) is 12.6 Å². The van der Waals surface area contributed by atoms with E-state index in [1.165, 1.54) is 0 Å². The van der Waals surface area contributed by atoms with E-state index in [1.807, 2.05) is 31.2 Å². The number of benzene rings is 1. The van der Waals surface area contributed by atoms with Gasteiger partial charge in [0, 0.05) is 38.1 Å². The zero-order chi connectivity index (χ0) is 18.8. The highest BCUT2D eigenvalue weighted by molar-refractivity contribution is 6.02. The van der Waals surface area contributed by atoms with Crippen LogP contribution in [0.3, 0.4) is 0 Å². The van der Waals surface area contributed by atoms with E-state index in [1.54, 1.807) is 41.8 Å². The number of hydrogen-bond donors (Lipinski definition) is 1. The fraction of sp³-hybridized carbons (Fsp3) is 0.389. The summed E-state index contributed by atoms with van der Waals surface area (Å²) in [6.45, 7) is 4.43. The van der Waals surface area contributed by atoms with Crippen molar-refractivity contribution in [2.45, 2.75) is 19.9 Å². The van der Waals surface area contributed by atoms with Crippen LogP contribution >= 0.6 is 0 Å². The van der Waals surface area contributed by atoms with Crippen molar-refractivity contribution in [2.24, 2.45) is 7.05 Å². The summed E-state index contributed by atoms with van der Waals surface area (Å²) in [7, 11) is 3.38. The third-order valence-electron chi connectivity index (χ3n) is 4.54. The average Bonchev–Trinajstić information content (AvgIpc) is 2.94. The van der Waals surface area contributed by atoms with E-state index >= 15 is 0 Å². The van der Waals surface area contributed by atoms with E-state index in [0.29, 0.717) is 24.5 Å². The number of aromatic nitrogens is 2. The summed E-state index contributed by atoms with van der Waals surface area (Å²) in [5.41, 5.74) is 2.14. The van der Waals surface area contributed by atoms with Gasteiger partial charge in [0.1, 0.15) is 11.8 Å². The number of carbonyl (C=O) groups excluding carboxylic acids is 2. The molecule has 0 saturated carbocycles. The van der Waals surface area contributed by atoms with E-state index in [-0.39, 0.29) is 11.9 Å². The lowest BCUT2D eigenvalue weighted by Gasteiger charge is -2.39. The molecule has 0 spiro atoms. The lowest BCUT2D eigenvalue weighted by Crippen LogP contribution is -2.58. The van der Waals surface area contributed by atoms with Crippen molar-refractivity contribution in [1.29, 1.82) is 0 Å². The minimum atomic E-state index is -0.563. The molecule has 1 saturated heterocycles. The molecule has 3 amide bonds. The fourth-order valence-corrected chi connectivity index (χ4v) is 3.09. The minimum Gasteiger partial charge on any atom is -0.497 e. The Morgan fingerprint density at radius 3 is 2.77 bits per heavy atom. The quantitative estimate of drug-likeness (QED) is 0.911. The van der Waals surface area contributed by atoms with E-state index < -0.39 is 6.04 Å². The fourth-order valence-electron chi connectivity index (χ4n) is 3.09. The number of urea groups is 1. The lowest BCUT2D eigenvalue weighted by molar-refractivity contribution is -0.123. The predicted molar refractivity (Wildman–Crippen MR) is 98.5 cm³/mol. The van der Waals surface area contributed by atoms with Crippen LogP contribution in [0, 0.1) is 6.92 Å². The first kappa shape index (κ1) is 17.8. The zero-order valence-corrected chi connectivity index (χ0v) is 15.4. The SMILES string of the molecule is COc1cccc(N2CCN(C(=O)Nc3cn(C)nc3C)[C@H](C)C2=O)c1. The van der Waals surface area contributed by atoms with Gasteiger partial charge in [-0.1, -0.05) is 6.07 Å². The summed E-state index contributed by atoms with van der Waals surface area (Å²) >= 11 is 0. The number of aryl methyl sites for hydroxylation is 2. The zero-order valence-electron chi connectivity index (χ0n) is 15.4. The number of nitrogens with zero attached hydrogens (tertiary/aromatic N) is 4. The molecule has 0 radical (unpaired) electrons. The van der Waals surface area contributed by atoms with Crippen molar-refractivity contribution >= 4 is 23.3 Å². The molecular formula is C18H23N5O3. The maximum Gasteiger partial charge on any atom is 0.322 e. The van der Waals surface area contributed by atoms with Gasteiger partial charge in [-0.05, 0) is 26.0 Å². The lowest BCUT2D eigenvalue weighted by atomic mass is 10.1. The molecule has 2 heterocycles. The Hall–Kier alpha value is -3.03. The van der Waals surface area contributed by atoms with Crippen LogP contribution in [-0.2, 0) is 11.8 Å². The normalized spacial score (nSPS) is 17.4. The number of nitrogens with one attached hydrogen (secondary N) is 1. The first-order chi connectivity index (χ1) is 12.4. The molecule has 1 aromatic heterocycles. The maximum absolute atomic E-state index is 12.8. The summed E-state index contributed by atoms with van der Waals surface area (Å²) in [5.74, 6) is 0.567. The maximum atomic E-state index is 12.8. The molecule has 1 N–H and O–H groups in total. The number of rotatable bonds is 3. The Balaban J connectivity index is 1.72. The van der Waals surface area contributed by atoms with Crippen molar-refractivity contribution < 1.29 is 14.3 Å². The van der Waals surface area contributed by atoms with Gasteiger partial charge in [-0.3, -0.25) is 9.48 Å². The Kier molecular flexibility index (Phi) is 4.83. The van der Waals surface area contributed by atoms with Crippen LogP contribution in [-0.4, -0.2) is 52.9 Å². The topological polar surface area (TPSA) is 79.7 Å². The van der Waals surface area contributed by atoms with E-state index in [2.05, 4.69) is 10.4 Å². The molecule has 3 rings (SSSR count). The van der Waals surface area contributed by atoms with E-state index in [0.717, 1.165) is 11.4 Å². The van der Waals surface area contributed by atoms with Crippen LogP contribution in [0.15, 0.2) is 30.5 Å². The number of amides is 3. The molecular weight excluding hydrogens is 334 g/mol. The molecule has 8 heteroatoms. The Morgan fingerprint density at radius 2 is 2.12 bits per heavy atom. The summed E-state index contributed by atoms with van der Waals surface area (Å²) in [5, 5.41) is 7.05. The second-order valence-corrected chi connectivity index (χ2v) is 6.29. The Morgan fingerprint density at radius 1 is 1.35 bits per heavy atom.